The molecule has 0 aliphatic heterocycles. The van der Waals surface area contributed by atoms with Crippen LogP contribution in [0.4, 0.5) is 5.69 Å². The number of carbonyl (C=O) groups excluding carboxylic acids is 2. The van der Waals surface area contributed by atoms with Crippen LogP contribution in [0.1, 0.15) is 49.9 Å². The standard InChI is InChI=1S/C31H38ClN3O4S/c1-21-11-15-27(16-12-21)40(38,39)35(26-14-13-23(3)28(32)18-26)20-29(36)34(19-25-10-8-9-22(2)17-25)24(4)30(37)33-31(5,6)7/h8-18,24H,19-20H2,1-7H3,(H,33,37)/t24-/m0/s1. The van der Waals surface area contributed by atoms with E-state index >= 15 is 0 Å². The summed E-state index contributed by atoms with van der Waals surface area (Å²) in [6.45, 7) is 12.5. The monoisotopic (exact) mass is 583 g/mol. The smallest absolute Gasteiger partial charge is 0.264 e. The second-order valence-corrected chi connectivity index (χ2v) is 13.5. The van der Waals surface area contributed by atoms with Gasteiger partial charge in [0, 0.05) is 17.1 Å². The molecule has 0 spiro atoms. The number of anilines is 1. The Balaban J connectivity index is 2.07. The molecule has 1 N–H and O–H groups in total. The van der Waals surface area contributed by atoms with Gasteiger partial charge in [-0.25, -0.2) is 8.42 Å². The molecule has 2 amide bonds. The Morgan fingerprint density at radius 3 is 2.15 bits per heavy atom. The maximum Gasteiger partial charge on any atom is 0.264 e. The molecule has 214 valence electrons. The third-order valence-electron chi connectivity index (χ3n) is 6.43. The Hall–Kier alpha value is -3.36. The number of amides is 2. The predicted octanol–water partition coefficient (Wildman–Crippen LogP) is 5.79. The van der Waals surface area contributed by atoms with E-state index in [1.54, 1.807) is 31.2 Å². The van der Waals surface area contributed by atoms with Gasteiger partial charge in [-0.1, -0.05) is 65.2 Å². The lowest BCUT2D eigenvalue weighted by molar-refractivity contribution is -0.140. The van der Waals surface area contributed by atoms with Crippen LogP contribution in [-0.4, -0.2) is 43.3 Å². The Kier molecular flexibility index (Phi) is 9.69. The van der Waals surface area contributed by atoms with Crippen molar-refractivity contribution in [3.63, 3.8) is 0 Å². The van der Waals surface area contributed by atoms with Crippen LogP contribution in [0.15, 0.2) is 71.6 Å². The number of halogens is 1. The lowest BCUT2D eigenvalue weighted by Gasteiger charge is -2.33. The van der Waals surface area contributed by atoms with Gasteiger partial charge in [-0.15, -0.1) is 0 Å². The highest BCUT2D eigenvalue weighted by Crippen LogP contribution is 2.29. The van der Waals surface area contributed by atoms with Gasteiger partial charge in [0.15, 0.2) is 0 Å². The van der Waals surface area contributed by atoms with E-state index in [0.717, 1.165) is 26.6 Å². The first-order valence-electron chi connectivity index (χ1n) is 13.1. The summed E-state index contributed by atoms with van der Waals surface area (Å²) in [6.07, 6.45) is 0. The van der Waals surface area contributed by atoms with Crippen molar-refractivity contribution >= 4 is 39.1 Å². The summed E-state index contributed by atoms with van der Waals surface area (Å²) in [7, 11) is -4.16. The number of nitrogens with zero attached hydrogens (tertiary/aromatic N) is 2. The van der Waals surface area contributed by atoms with Crippen LogP contribution < -0.4 is 9.62 Å². The van der Waals surface area contributed by atoms with Gasteiger partial charge in [-0.3, -0.25) is 13.9 Å². The minimum absolute atomic E-state index is 0.0476. The second-order valence-electron chi connectivity index (χ2n) is 11.2. The van der Waals surface area contributed by atoms with Crippen molar-refractivity contribution in [1.29, 1.82) is 0 Å². The van der Waals surface area contributed by atoms with Gasteiger partial charge in [0.2, 0.25) is 11.8 Å². The normalized spacial score (nSPS) is 12.5. The van der Waals surface area contributed by atoms with Gasteiger partial charge in [0.25, 0.3) is 10.0 Å². The molecular formula is C31H38ClN3O4S. The van der Waals surface area contributed by atoms with Crippen LogP contribution in [0, 0.1) is 20.8 Å². The maximum atomic E-state index is 14.0. The molecule has 40 heavy (non-hydrogen) atoms. The Morgan fingerprint density at radius 1 is 0.925 bits per heavy atom. The SMILES string of the molecule is Cc1ccc(S(=O)(=O)N(CC(=O)N(Cc2cccc(C)c2)[C@@H](C)C(=O)NC(C)(C)C)c2ccc(C)c(Cl)c2)cc1. The van der Waals surface area contributed by atoms with Gasteiger partial charge in [-0.05, 0) is 83.9 Å². The van der Waals surface area contributed by atoms with Crippen molar-refractivity contribution in [2.24, 2.45) is 0 Å². The van der Waals surface area contributed by atoms with Crippen molar-refractivity contribution in [2.75, 3.05) is 10.8 Å². The highest BCUT2D eigenvalue weighted by atomic mass is 35.5. The number of rotatable bonds is 9. The topological polar surface area (TPSA) is 86.8 Å². The summed E-state index contributed by atoms with van der Waals surface area (Å²) in [5.74, 6) is -0.856. The second kappa shape index (κ2) is 12.4. The van der Waals surface area contributed by atoms with E-state index in [9.17, 15) is 18.0 Å². The van der Waals surface area contributed by atoms with E-state index in [0.29, 0.717) is 5.02 Å². The van der Waals surface area contributed by atoms with Crippen molar-refractivity contribution in [2.45, 2.75) is 71.5 Å². The molecular weight excluding hydrogens is 546 g/mol. The van der Waals surface area contributed by atoms with Crippen LogP contribution in [0.2, 0.25) is 5.02 Å². The zero-order valence-electron chi connectivity index (χ0n) is 24.2. The van der Waals surface area contributed by atoms with E-state index in [2.05, 4.69) is 5.32 Å². The summed E-state index contributed by atoms with van der Waals surface area (Å²) in [4.78, 5) is 28.7. The fourth-order valence-electron chi connectivity index (χ4n) is 4.17. The molecule has 0 unspecified atom stereocenters. The number of carbonyl (C=O) groups is 2. The van der Waals surface area contributed by atoms with Gasteiger partial charge < -0.3 is 10.2 Å². The van der Waals surface area contributed by atoms with Crippen LogP contribution in [0.3, 0.4) is 0 Å². The summed E-state index contributed by atoms with van der Waals surface area (Å²) < 4.78 is 28.9. The Bertz CT molecular complexity index is 1480. The Labute approximate surface area is 243 Å². The van der Waals surface area contributed by atoms with Gasteiger partial charge in [0.1, 0.15) is 12.6 Å². The molecule has 0 fully saturated rings. The largest absolute Gasteiger partial charge is 0.350 e. The zero-order valence-corrected chi connectivity index (χ0v) is 25.7. The van der Waals surface area contributed by atoms with E-state index in [1.165, 1.54) is 23.1 Å². The molecule has 3 aromatic carbocycles. The van der Waals surface area contributed by atoms with Crippen molar-refractivity contribution in [1.82, 2.24) is 10.2 Å². The number of benzene rings is 3. The first kappa shape index (κ1) is 31.2. The van der Waals surface area contributed by atoms with Crippen LogP contribution in [-0.2, 0) is 26.2 Å². The molecule has 0 aliphatic carbocycles. The van der Waals surface area contributed by atoms with E-state index in [4.69, 9.17) is 11.6 Å². The lowest BCUT2D eigenvalue weighted by atomic mass is 10.1. The average Bonchev–Trinajstić information content (AvgIpc) is 2.86. The van der Waals surface area contributed by atoms with Crippen molar-refractivity contribution < 1.29 is 18.0 Å². The summed E-state index contributed by atoms with van der Waals surface area (Å²) >= 11 is 6.38. The molecule has 9 heteroatoms. The molecule has 0 aliphatic rings. The summed E-state index contributed by atoms with van der Waals surface area (Å²) in [6, 6.07) is 18.1. The number of hydrogen-bond donors (Lipinski definition) is 1. The maximum absolute atomic E-state index is 14.0. The molecule has 0 bridgehead atoms. The minimum atomic E-state index is -4.16. The van der Waals surface area contributed by atoms with Crippen LogP contribution >= 0.6 is 11.6 Å². The highest BCUT2D eigenvalue weighted by Gasteiger charge is 2.33. The van der Waals surface area contributed by atoms with Crippen molar-refractivity contribution in [3.05, 3.63) is 94.0 Å². The molecule has 3 aromatic rings. The molecule has 0 radical (unpaired) electrons. The molecule has 0 saturated carbocycles. The number of aryl methyl sites for hydroxylation is 3. The minimum Gasteiger partial charge on any atom is -0.350 e. The third-order valence-corrected chi connectivity index (χ3v) is 8.63. The van der Waals surface area contributed by atoms with Gasteiger partial charge in [0.05, 0.1) is 10.6 Å². The highest BCUT2D eigenvalue weighted by molar-refractivity contribution is 7.92. The van der Waals surface area contributed by atoms with Gasteiger partial charge in [-0.2, -0.15) is 0 Å². The number of hydrogen-bond acceptors (Lipinski definition) is 4. The van der Waals surface area contributed by atoms with Crippen molar-refractivity contribution in [3.8, 4) is 0 Å². The fourth-order valence-corrected chi connectivity index (χ4v) is 5.75. The molecule has 0 aromatic heterocycles. The van der Waals surface area contributed by atoms with Gasteiger partial charge >= 0.3 is 0 Å². The molecule has 3 rings (SSSR count). The van der Waals surface area contributed by atoms with Crippen LogP contribution in [0.5, 0.6) is 0 Å². The fraction of sp³-hybridized carbons (Fsp3) is 0.355. The molecule has 0 saturated heterocycles. The first-order chi connectivity index (χ1) is 18.6. The average molecular weight is 584 g/mol. The van der Waals surface area contributed by atoms with E-state index in [1.807, 2.05) is 65.8 Å². The summed E-state index contributed by atoms with van der Waals surface area (Å²) in [5, 5.41) is 3.31. The number of sulfonamides is 1. The molecule has 7 nitrogen and oxygen atoms in total. The molecule has 0 heterocycles. The van der Waals surface area contributed by atoms with E-state index < -0.39 is 34.1 Å². The third kappa shape index (κ3) is 7.86. The predicted molar refractivity (Wildman–Crippen MR) is 161 cm³/mol. The summed E-state index contributed by atoms with van der Waals surface area (Å²) in [5.41, 5.74) is 3.26. The molecule has 1 atom stereocenters. The van der Waals surface area contributed by atoms with E-state index in [-0.39, 0.29) is 23.0 Å². The lowest BCUT2D eigenvalue weighted by Crippen LogP contribution is -2.54. The zero-order chi connectivity index (χ0) is 29.8. The first-order valence-corrected chi connectivity index (χ1v) is 14.9. The Morgan fingerprint density at radius 2 is 1.57 bits per heavy atom. The quantitative estimate of drug-likeness (QED) is 0.345. The number of nitrogens with one attached hydrogen (secondary N) is 1. The van der Waals surface area contributed by atoms with Crippen LogP contribution in [0.25, 0.3) is 0 Å².